The normalized spacial score (nSPS) is 12.4. The van der Waals surface area contributed by atoms with Crippen LogP contribution in [-0.4, -0.2) is 6.04 Å². The first-order valence-corrected chi connectivity index (χ1v) is 8.55. The Bertz CT molecular complexity index is 588. The summed E-state index contributed by atoms with van der Waals surface area (Å²) in [6.07, 6.45) is 1.90. The van der Waals surface area contributed by atoms with Crippen molar-refractivity contribution in [3.05, 3.63) is 57.5 Å². The zero-order chi connectivity index (χ0) is 14.5. The summed E-state index contributed by atoms with van der Waals surface area (Å²) in [5.41, 5.74) is 7.26. The third-order valence-corrected chi connectivity index (χ3v) is 5.59. The Morgan fingerprint density at radius 2 is 1.95 bits per heavy atom. The molecule has 1 unspecified atom stereocenters. The second kappa shape index (κ2) is 7.51. The van der Waals surface area contributed by atoms with Crippen LogP contribution in [0.1, 0.15) is 18.9 Å². The zero-order valence-electron chi connectivity index (χ0n) is 11.3. The summed E-state index contributed by atoms with van der Waals surface area (Å²) in [4.78, 5) is 2.22. The lowest BCUT2D eigenvalue weighted by atomic mass is 10.1. The Labute approximate surface area is 138 Å². The predicted molar refractivity (Wildman–Crippen MR) is 91.7 cm³/mol. The Morgan fingerprint density at radius 3 is 2.60 bits per heavy atom. The average molecular weight is 371 g/mol. The first-order chi connectivity index (χ1) is 9.60. The highest BCUT2D eigenvalue weighted by atomic mass is 79.9. The molecule has 106 valence electrons. The van der Waals surface area contributed by atoms with Crippen LogP contribution in [0.15, 0.2) is 56.7 Å². The number of halogens is 2. The Balaban J connectivity index is 2.16. The number of nitrogens with two attached hydrogens (primary N) is 1. The van der Waals surface area contributed by atoms with Crippen LogP contribution in [0.25, 0.3) is 0 Å². The van der Waals surface area contributed by atoms with Crippen molar-refractivity contribution in [2.24, 2.45) is 5.73 Å². The van der Waals surface area contributed by atoms with Gasteiger partial charge in [0.1, 0.15) is 0 Å². The lowest BCUT2D eigenvalue weighted by Crippen LogP contribution is -2.21. The molecule has 0 fully saturated rings. The second-order valence-corrected chi connectivity index (χ2v) is 7.02. The van der Waals surface area contributed by atoms with E-state index in [1.165, 1.54) is 5.56 Å². The van der Waals surface area contributed by atoms with Gasteiger partial charge in [-0.2, -0.15) is 0 Å². The molecule has 0 saturated heterocycles. The van der Waals surface area contributed by atoms with E-state index in [-0.39, 0.29) is 6.04 Å². The highest BCUT2D eigenvalue weighted by molar-refractivity contribution is 9.10. The van der Waals surface area contributed by atoms with E-state index in [2.05, 4.69) is 41.1 Å². The fourth-order valence-electron chi connectivity index (χ4n) is 1.85. The van der Waals surface area contributed by atoms with Crippen molar-refractivity contribution in [2.75, 3.05) is 0 Å². The van der Waals surface area contributed by atoms with Crippen LogP contribution < -0.4 is 5.73 Å². The van der Waals surface area contributed by atoms with Gasteiger partial charge in [0.2, 0.25) is 0 Å². The molecule has 0 bridgehead atoms. The number of benzene rings is 2. The summed E-state index contributed by atoms with van der Waals surface area (Å²) in [6.45, 7) is 2.11. The minimum absolute atomic E-state index is 0.226. The molecule has 0 saturated carbocycles. The molecule has 0 spiro atoms. The molecule has 1 atom stereocenters. The molecule has 0 radical (unpaired) electrons. The Hall–Kier alpha value is -0.480. The Kier molecular flexibility index (Phi) is 5.97. The third-order valence-electron chi connectivity index (χ3n) is 3.08. The molecule has 2 N–H and O–H groups in total. The molecule has 2 aromatic rings. The van der Waals surface area contributed by atoms with Gasteiger partial charge in [0, 0.05) is 20.3 Å². The van der Waals surface area contributed by atoms with E-state index >= 15 is 0 Å². The van der Waals surface area contributed by atoms with Crippen molar-refractivity contribution < 1.29 is 0 Å². The maximum atomic E-state index is 6.19. The van der Waals surface area contributed by atoms with Crippen LogP contribution in [0.2, 0.25) is 5.02 Å². The van der Waals surface area contributed by atoms with Gasteiger partial charge in [-0.25, -0.2) is 0 Å². The molecule has 0 amide bonds. The Morgan fingerprint density at radius 1 is 1.20 bits per heavy atom. The average Bonchev–Trinajstić information content (AvgIpc) is 2.44. The molecular weight excluding hydrogens is 354 g/mol. The summed E-state index contributed by atoms with van der Waals surface area (Å²) >= 11 is 11.5. The van der Waals surface area contributed by atoms with Crippen molar-refractivity contribution >= 4 is 39.3 Å². The molecule has 0 heterocycles. The second-order valence-electron chi connectivity index (χ2n) is 4.67. The lowest BCUT2D eigenvalue weighted by Gasteiger charge is -2.11. The SMILES string of the molecule is CCC(N)Cc1ccc(Sc2ccccc2Cl)c(Br)c1. The summed E-state index contributed by atoms with van der Waals surface area (Å²) in [6, 6.07) is 14.5. The minimum Gasteiger partial charge on any atom is -0.327 e. The van der Waals surface area contributed by atoms with Gasteiger partial charge in [-0.3, -0.25) is 0 Å². The molecule has 0 aliphatic heterocycles. The van der Waals surface area contributed by atoms with Crippen LogP contribution in [-0.2, 0) is 6.42 Å². The molecule has 2 rings (SSSR count). The molecule has 0 aromatic heterocycles. The van der Waals surface area contributed by atoms with Gasteiger partial charge in [-0.15, -0.1) is 0 Å². The molecular formula is C16H17BrClNS. The summed E-state index contributed by atoms with van der Waals surface area (Å²) in [5.74, 6) is 0. The third kappa shape index (κ3) is 4.26. The lowest BCUT2D eigenvalue weighted by molar-refractivity contribution is 0.646. The maximum absolute atomic E-state index is 6.19. The van der Waals surface area contributed by atoms with Gasteiger partial charge < -0.3 is 5.73 Å². The smallest absolute Gasteiger partial charge is 0.0545 e. The van der Waals surface area contributed by atoms with Crippen LogP contribution in [0, 0.1) is 0 Å². The van der Waals surface area contributed by atoms with Gasteiger partial charge in [-0.1, -0.05) is 48.5 Å². The molecule has 1 nitrogen and oxygen atoms in total. The van der Waals surface area contributed by atoms with Gasteiger partial charge in [0.25, 0.3) is 0 Å². The van der Waals surface area contributed by atoms with E-state index in [9.17, 15) is 0 Å². The van der Waals surface area contributed by atoms with Crippen molar-refractivity contribution in [1.82, 2.24) is 0 Å². The van der Waals surface area contributed by atoms with Gasteiger partial charge >= 0.3 is 0 Å². The summed E-state index contributed by atoms with van der Waals surface area (Å²) < 4.78 is 1.09. The van der Waals surface area contributed by atoms with Crippen LogP contribution >= 0.6 is 39.3 Å². The van der Waals surface area contributed by atoms with Gasteiger partial charge in [0.15, 0.2) is 0 Å². The predicted octanol–water partition coefficient (Wildman–Crippen LogP) is 5.53. The fourth-order valence-corrected chi connectivity index (χ4v) is 3.61. The van der Waals surface area contributed by atoms with Gasteiger partial charge in [0.05, 0.1) is 5.02 Å². The van der Waals surface area contributed by atoms with Crippen molar-refractivity contribution in [1.29, 1.82) is 0 Å². The first kappa shape index (κ1) is 15.9. The molecule has 0 aliphatic rings. The highest BCUT2D eigenvalue weighted by Crippen LogP contribution is 2.37. The van der Waals surface area contributed by atoms with E-state index in [1.54, 1.807) is 11.8 Å². The van der Waals surface area contributed by atoms with E-state index in [1.807, 2.05) is 24.3 Å². The number of rotatable bonds is 5. The largest absolute Gasteiger partial charge is 0.327 e. The van der Waals surface area contributed by atoms with Crippen molar-refractivity contribution in [3.63, 3.8) is 0 Å². The van der Waals surface area contributed by atoms with E-state index in [0.29, 0.717) is 0 Å². The maximum Gasteiger partial charge on any atom is 0.0545 e. The van der Waals surface area contributed by atoms with E-state index in [4.69, 9.17) is 17.3 Å². The van der Waals surface area contributed by atoms with Gasteiger partial charge in [-0.05, 0) is 58.6 Å². The standard InChI is InChI=1S/C16H17BrClNS/c1-2-12(19)9-11-7-8-15(13(17)10-11)20-16-6-4-3-5-14(16)18/h3-8,10,12H,2,9,19H2,1H3. The zero-order valence-corrected chi connectivity index (χ0v) is 14.4. The van der Waals surface area contributed by atoms with Crippen molar-refractivity contribution in [3.8, 4) is 0 Å². The monoisotopic (exact) mass is 369 g/mol. The molecule has 2 aromatic carbocycles. The molecule has 4 heteroatoms. The summed E-state index contributed by atoms with van der Waals surface area (Å²) in [5, 5.41) is 0.779. The van der Waals surface area contributed by atoms with Crippen LogP contribution in [0.3, 0.4) is 0 Å². The van der Waals surface area contributed by atoms with E-state index < -0.39 is 0 Å². The van der Waals surface area contributed by atoms with Crippen LogP contribution in [0.4, 0.5) is 0 Å². The van der Waals surface area contributed by atoms with E-state index in [0.717, 1.165) is 32.1 Å². The molecule has 0 aliphatic carbocycles. The number of hydrogen-bond donors (Lipinski definition) is 1. The van der Waals surface area contributed by atoms with Crippen LogP contribution in [0.5, 0.6) is 0 Å². The minimum atomic E-state index is 0.226. The number of hydrogen-bond acceptors (Lipinski definition) is 2. The summed E-state index contributed by atoms with van der Waals surface area (Å²) in [7, 11) is 0. The molecule has 20 heavy (non-hydrogen) atoms. The highest BCUT2D eigenvalue weighted by Gasteiger charge is 2.08. The van der Waals surface area contributed by atoms with Crippen molar-refractivity contribution in [2.45, 2.75) is 35.6 Å². The quantitative estimate of drug-likeness (QED) is 0.748. The fraction of sp³-hybridized carbons (Fsp3) is 0.250. The topological polar surface area (TPSA) is 26.0 Å². The first-order valence-electron chi connectivity index (χ1n) is 6.56.